The van der Waals surface area contributed by atoms with E-state index in [1.165, 1.54) is 12.8 Å². The minimum Gasteiger partial charge on any atom is -1.00 e. The van der Waals surface area contributed by atoms with Gasteiger partial charge in [-0.1, -0.05) is 0 Å². The van der Waals surface area contributed by atoms with Gasteiger partial charge in [0.25, 0.3) is 0 Å². The number of halogens is 2. The zero-order valence-corrected chi connectivity index (χ0v) is 20.1. The largest absolute Gasteiger partial charge is 2.00 e. The van der Waals surface area contributed by atoms with Gasteiger partial charge >= 0.3 is 137 Å². The first-order valence-corrected chi connectivity index (χ1v) is 15.6. The minimum atomic E-state index is -2.62. The van der Waals surface area contributed by atoms with E-state index in [9.17, 15) is 0 Å². The molecule has 0 saturated heterocycles. The molecule has 0 fully saturated rings. The van der Waals surface area contributed by atoms with Gasteiger partial charge in [0.15, 0.2) is 0 Å². The smallest absolute Gasteiger partial charge is 1.00 e. The molecule has 0 unspecified atom stereocenters. The van der Waals surface area contributed by atoms with Crippen LogP contribution in [0.3, 0.4) is 0 Å². The average Bonchev–Trinajstić information content (AvgIpc) is 2.70. The van der Waals surface area contributed by atoms with Crippen molar-refractivity contribution in [1.82, 2.24) is 0 Å². The Morgan fingerprint density at radius 3 is 1.29 bits per heavy atom. The molecular weight excluding hydrogens is 387 g/mol. The third-order valence-corrected chi connectivity index (χ3v) is 16.1. The molecule has 0 atom stereocenters. The Morgan fingerprint density at radius 1 is 0.810 bits per heavy atom. The van der Waals surface area contributed by atoms with Crippen LogP contribution in [-0.4, -0.2) is 7.63 Å². The van der Waals surface area contributed by atoms with Gasteiger partial charge in [0.2, 0.25) is 0 Å². The molecular formula is C16H26Cl2SiTi2. The van der Waals surface area contributed by atoms with Crippen molar-refractivity contribution in [2.45, 2.75) is 51.0 Å². The second-order valence-electron chi connectivity index (χ2n) is 7.34. The first-order chi connectivity index (χ1) is 8.10. The van der Waals surface area contributed by atoms with E-state index in [2.05, 4.69) is 57.9 Å². The number of rotatable bonds is 2. The molecule has 5 heteroatoms. The molecule has 0 bridgehead atoms. The maximum Gasteiger partial charge on any atom is 2.00 e. The molecule has 116 valence electrons. The summed E-state index contributed by atoms with van der Waals surface area (Å²) in [4.78, 5) is 0. The van der Waals surface area contributed by atoms with Gasteiger partial charge in [-0.2, -0.15) is 0 Å². The maximum absolute atomic E-state index is 2.62. The summed E-state index contributed by atoms with van der Waals surface area (Å²) in [6, 6.07) is 0. The maximum atomic E-state index is 2.62. The molecule has 0 radical (unpaired) electrons. The molecule has 0 aliphatic heterocycles. The molecule has 0 aromatic heterocycles. The van der Waals surface area contributed by atoms with E-state index in [0.717, 1.165) is 0 Å². The zero-order chi connectivity index (χ0) is 13.7. The van der Waals surface area contributed by atoms with Gasteiger partial charge in [-0.15, -0.1) is 0 Å². The van der Waals surface area contributed by atoms with Crippen LogP contribution in [0.4, 0.5) is 0 Å². The standard InChI is InChI=1S/2C7H9.2CH3.2ClH.H2Si.2Ti/c2*1-6-3-4-7(2)5-6;;;;;;;/h2*5H,3H2,1-2H3;2*1H3;2*1H;1H2;;/q;;;;;;;;+2/p-2. The monoisotopic (exact) mass is 412 g/mol. The fraction of sp³-hybridized carbons (Fsp3) is 0.500. The Bertz CT molecular complexity index is 568. The van der Waals surface area contributed by atoms with E-state index in [1.54, 1.807) is 30.0 Å². The third kappa shape index (κ3) is 4.60. The molecule has 0 aromatic carbocycles. The fourth-order valence-corrected chi connectivity index (χ4v) is 14.6. The third-order valence-electron chi connectivity index (χ3n) is 4.72. The summed E-state index contributed by atoms with van der Waals surface area (Å²) in [5, 5.41) is 5.23. The molecule has 0 saturated carbocycles. The van der Waals surface area contributed by atoms with E-state index in [-0.39, 0.29) is 46.5 Å². The van der Waals surface area contributed by atoms with E-state index >= 15 is 0 Å². The minimum absolute atomic E-state index is 0. The van der Waals surface area contributed by atoms with Gasteiger partial charge in [-0.3, -0.25) is 0 Å². The van der Waals surface area contributed by atoms with Gasteiger partial charge in [-0.05, 0) is 0 Å². The molecule has 21 heavy (non-hydrogen) atoms. The van der Waals surface area contributed by atoms with Crippen LogP contribution in [0.15, 0.2) is 42.2 Å². The van der Waals surface area contributed by atoms with Gasteiger partial charge < -0.3 is 24.8 Å². The quantitative estimate of drug-likeness (QED) is 0.488. The molecule has 2 aliphatic rings. The Hall–Kier alpha value is 1.19. The summed E-state index contributed by atoms with van der Waals surface area (Å²) >= 11 is -2.62. The van der Waals surface area contributed by atoms with Gasteiger partial charge in [0, 0.05) is 0 Å². The molecule has 0 N–H and O–H groups in total. The summed E-state index contributed by atoms with van der Waals surface area (Å²) in [5.41, 5.74) is 6.23. The van der Waals surface area contributed by atoms with E-state index < -0.39 is 14.0 Å². The summed E-state index contributed by atoms with van der Waals surface area (Å²) in [5.74, 6) is 0. The van der Waals surface area contributed by atoms with Crippen LogP contribution in [0.1, 0.15) is 40.5 Å². The molecule has 2 rings (SSSR count). The van der Waals surface area contributed by atoms with Crippen LogP contribution >= 0.6 is 0 Å². The van der Waals surface area contributed by atoms with Crippen LogP contribution in [0.25, 0.3) is 0 Å². The van der Waals surface area contributed by atoms with Crippen molar-refractivity contribution < 1.29 is 60.6 Å². The molecule has 0 aromatic rings. The molecule has 0 amide bonds. The number of hydrogen-bond acceptors (Lipinski definition) is 0. The Morgan fingerprint density at radius 2 is 1.10 bits per heavy atom. The van der Waals surface area contributed by atoms with Crippen LogP contribution in [0.2, 0.25) is 10.5 Å². The van der Waals surface area contributed by atoms with Crippen molar-refractivity contribution >= 4 is 7.63 Å². The molecule has 0 heterocycles. The molecule has 0 nitrogen and oxygen atoms in total. The van der Waals surface area contributed by atoms with Crippen LogP contribution in [-0.2, 0) is 35.8 Å². The Kier molecular flexibility index (Phi) is 9.12. The van der Waals surface area contributed by atoms with Gasteiger partial charge in [0.1, 0.15) is 0 Å². The topological polar surface area (TPSA) is 0 Å². The van der Waals surface area contributed by atoms with Crippen molar-refractivity contribution in [3.8, 4) is 0 Å². The van der Waals surface area contributed by atoms with E-state index in [0.29, 0.717) is 0 Å². The van der Waals surface area contributed by atoms with Crippen molar-refractivity contribution in [2.24, 2.45) is 0 Å². The Labute approximate surface area is 160 Å². The van der Waals surface area contributed by atoms with Crippen molar-refractivity contribution in [2.75, 3.05) is 0 Å². The summed E-state index contributed by atoms with van der Waals surface area (Å²) < 4.78 is 3.61. The van der Waals surface area contributed by atoms with Crippen LogP contribution in [0.5, 0.6) is 0 Å². The SMILES string of the molecule is CC1=CC(C)=[C]([Ti]([CH3])([CH3])(=[SiH2])[C]2=C(C)C=C(C)C2)C1.[Cl-].[Cl-].[Ti+2]. The normalized spacial score (nSPS) is 18.6. The van der Waals surface area contributed by atoms with Gasteiger partial charge in [0.05, 0.1) is 0 Å². The number of allylic oxidation sites excluding steroid dienone is 8. The predicted octanol–water partition coefficient (Wildman–Crippen LogP) is -1.43. The summed E-state index contributed by atoms with van der Waals surface area (Å²) in [6.07, 6.45) is 7.28. The predicted molar refractivity (Wildman–Crippen MR) is 82.4 cm³/mol. The first-order valence-electron chi connectivity index (χ1n) is 6.92. The van der Waals surface area contributed by atoms with Gasteiger partial charge in [-0.25, -0.2) is 0 Å². The van der Waals surface area contributed by atoms with Crippen molar-refractivity contribution in [3.05, 3.63) is 42.2 Å². The number of hydrogen-bond donors (Lipinski definition) is 0. The van der Waals surface area contributed by atoms with E-state index in [4.69, 9.17) is 0 Å². The fourth-order valence-electron chi connectivity index (χ4n) is 3.87. The molecule has 0 spiro atoms. The van der Waals surface area contributed by atoms with E-state index in [1.807, 2.05) is 0 Å². The average molecular weight is 413 g/mol. The summed E-state index contributed by atoms with van der Waals surface area (Å²) in [6.45, 7) is 9.20. The van der Waals surface area contributed by atoms with Crippen LogP contribution < -0.4 is 24.8 Å². The second kappa shape index (κ2) is 7.84. The zero-order valence-electron chi connectivity index (χ0n) is 14.0. The van der Waals surface area contributed by atoms with Crippen LogP contribution in [0, 0.1) is 0 Å². The Balaban J connectivity index is 0. The molecule has 2 aliphatic carbocycles. The first kappa shape index (κ1) is 24.4. The van der Waals surface area contributed by atoms with Crippen molar-refractivity contribution in [3.63, 3.8) is 0 Å². The summed E-state index contributed by atoms with van der Waals surface area (Å²) in [7, 11) is 2.36. The second-order valence-corrected chi connectivity index (χ2v) is 26.4. The van der Waals surface area contributed by atoms with Crippen molar-refractivity contribution in [1.29, 1.82) is 0 Å².